The minimum absolute atomic E-state index is 0.166. The van der Waals surface area contributed by atoms with Gasteiger partial charge in [-0.25, -0.2) is 0 Å². The van der Waals surface area contributed by atoms with E-state index in [2.05, 4.69) is 117 Å². The van der Waals surface area contributed by atoms with Gasteiger partial charge >= 0.3 is 0 Å². The number of anilines is 2. The zero-order chi connectivity index (χ0) is 24.0. The lowest BCUT2D eigenvalue weighted by atomic mass is 9.94. The zero-order valence-electron chi connectivity index (χ0n) is 20.3. The Labute approximate surface area is 202 Å². The molecule has 0 saturated carbocycles. The van der Waals surface area contributed by atoms with Crippen LogP contribution in [0.2, 0.25) is 0 Å². The number of nitrogens with one attached hydrogen (secondary N) is 3. The first-order chi connectivity index (χ1) is 15.7. The molecule has 3 N–H and O–H groups in total. The molecule has 0 amide bonds. The molecule has 1 aromatic heterocycles. The molecular weight excluding hydrogens is 424 g/mol. The maximum atomic E-state index is 4.15. The molecule has 1 fully saturated rings. The summed E-state index contributed by atoms with van der Waals surface area (Å²) in [6.45, 7) is 23.4. The highest BCUT2D eigenvalue weighted by molar-refractivity contribution is 7.12. The third-order valence-electron chi connectivity index (χ3n) is 5.44. The summed E-state index contributed by atoms with van der Waals surface area (Å²) in [6.07, 6.45) is 1.85. The van der Waals surface area contributed by atoms with E-state index in [1.54, 1.807) is 0 Å². The number of nitrogens with zero attached hydrogens (tertiary/aromatic N) is 1. The first-order valence-electron chi connectivity index (χ1n) is 11.3. The van der Waals surface area contributed by atoms with Crippen LogP contribution < -0.4 is 16.0 Å². The molecule has 1 saturated heterocycles. The lowest BCUT2D eigenvalue weighted by molar-refractivity contribution is 0.361. The van der Waals surface area contributed by atoms with Crippen LogP contribution in [0.4, 0.5) is 11.4 Å². The molecule has 0 aliphatic carbocycles. The van der Waals surface area contributed by atoms with Gasteiger partial charge in [-0.05, 0) is 36.1 Å². The monoisotopic (exact) mass is 460 g/mol. The van der Waals surface area contributed by atoms with Gasteiger partial charge in [0, 0.05) is 39.6 Å². The van der Waals surface area contributed by atoms with E-state index in [1.807, 2.05) is 17.5 Å². The van der Waals surface area contributed by atoms with Crippen LogP contribution in [0.3, 0.4) is 0 Å². The highest BCUT2D eigenvalue weighted by Crippen LogP contribution is 2.35. The summed E-state index contributed by atoms with van der Waals surface area (Å²) in [6, 6.07) is 16.9. The summed E-state index contributed by atoms with van der Waals surface area (Å²) in [5.74, 6) is 0.785. The van der Waals surface area contributed by atoms with Gasteiger partial charge in [-0.3, -0.25) is 0 Å². The first kappa shape index (κ1) is 24.5. The molecule has 2 heterocycles. The smallest absolute Gasteiger partial charge is 0.100 e. The average Bonchev–Trinajstić information content (AvgIpc) is 3.15. The Morgan fingerprint density at radius 3 is 2.42 bits per heavy atom. The number of benzene rings is 2. The molecule has 3 aromatic rings. The predicted molar refractivity (Wildman–Crippen MR) is 147 cm³/mol. The van der Waals surface area contributed by atoms with Gasteiger partial charge in [0.1, 0.15) is 5.82 Å². The second-order valence-electron chi connectivity index (χ2n) is 9.27. The van der Waals surface area contributed by atoms with E-state index in [0.717, 1.165) is 42.5 Å². The average molecular weight is 461 g/mol. The Bertz CT molecular complexity index is 1130. The van der Waals surface area contributed by atoms with Gasteiger partial charge in [-0.15, -0.1) is 11.3 Å². The summed E-state index contributed by atoms with van der Waals surface area (Å²) in [5.41, 5.74) is 3.44. The maximum absolute atomic E-state index is 4.15. The standard InChI is InChI=1S/C21H24N2S.C7H12N2/c1-14-19(13-20(24-14)21(3,4)5)23-15(2)22-18-12-8-10-16-9-6-7-11-17(16)18;1-3-9-5-4-8-7(2)6-9/h6-13,22-23H,2H2,1,3-5H3;3,8H,1-2,4-6H2. The van der Waals surface area contributed by atoms with Crippen LogP contribution in [0.15, 0.2) is 86.0 Å². The van der Waals surface area contributed by atoms with E-state index in [-0.39, 0.29) is 5.41 Å². The van der Waals surface area contributed by atoms with E-state index in [9.17, 15) is 0 Å². The van der Waals surface area contributed by atoms with Crippen molar-refractivity contribution in [3.63, 3.8) is 0 Å². The fraction of sp³-hybridized carbons (Fsp3) is 0.286. The Hall–Kier alpha value is -3.18. The van der Waals surface area contributed by atoms with Crippen LogP contribution in [0.25, 0.3) is 10.8 Å². The fourth-order valence-electron chi connectivity index (χ4n) is 3.58. The third-order valence-corrected chi connectivity index (χ3v) is 6.92. The summed E-state index contributed by atoms with van der Waals surface area (Å²) in [7, 11) is 0. The minimum Gasteiger partial charge on any atom is -0.386 e. The van der Waals surface area contributed by atoms with Crippen molar-refractivity contribution in [1.29, 1.82) is 0 Å². The molecule has 33 heavy (non-hydrogen) atoms. The fourth-order valence-corrected chi connectivity index (χ4v) is 4.61. The molecule has 0 radical (unpaired) electrons. The molecule has 0 atom stereocenters. The largest absolute Gasteiger partial charge is 0.386 e. The first-order valence-corrected chi connectivity index (χ1v) is 12.1. The van der Waals surface area contributed by atoms with Gasteiger partial charge in [0.15, 0.2) is 0 Å². The summed E-state index contributed by atoms with van der Waals surface area (Å²) in [5, 5.41) is 12.4. The van der Waals surface area contributed by atoms with Crippen molar-refractivity contribution >= 4 is 33.5 Å². The van der Waals surface area contributed by atoms with Gasteiger partial charge in [-0.1, -0.05) is 76.9 Å². The number of rotatable bonds is 5. The molecule has 1 aliphatic heterocycles. The van der Waals surface area contributed by atoms with Crippen molar-refractivity contribution in [3.05, 3.63) is 95.7 Å². The van der Waals surface area contributed by atoms with E-state index < -0.39 is 0 Å². The number of hydrogen-bond donors (Lipinski definition) is 3. The lowest BCUT2D eigenvalue weighted by Crippen LogP contribution is -2.38. The highest BCUT2D eigenvalue weighted by Gasteiger charge is 2.18. The van der Waals surface area contributed by atoms with Crippen molar-refractivity contribution in [1.82, 2.24) is 10.2 Å². The molecule has 174 valence electrons. The van der Waals surface area contributed by atoms with Crippen molar-refractivity contribution in [3.8, 4) is 0 Å². The molecule has 4 rings (SSSR count). The van der Waals surface area contributed by atoms with Gasteiger partial charge in [0.25, 0.3) is 0 Å². The number of hydrogen-bond acceptors (Lipinski definition) is 5. The quantitative estimate of drug-likeness (QED) is 0.381. The van der Waals surface area contributed by atoms with Crippen molar-refractivity contribution < 1.29 is 0 Å². The van der Waals surface area contributed by atoms with Crippen LogP contribution in [-0.4, -0.2) is 24.5 Å². The Kier molecular flexibility index (Phi) is 7.88. The lowest BCUT2D eigenvalue weighted by Gasteiger charge is -2.27. The summed E-state index contributed by atoms with van der Waals surface area (Å²) < 4.78 is 0. The molecule has 0 spiro atoms. The van der Waals surface area contributed by atoms with Crippen LogP contribution in [0, 0.1) is 6.92 Å². The van der Waals surface area contributed by atoms with E-state index in [1.165, 1.54) is 20.5 Å². The van der Waals surface area contributed by atoms with Crippen molar-refractivity contribution in [2.24, 2.45) is 0 Å². The van der Waals surface area contributed by atoms with Gasteiger partial charge in [-0.2, -0.15) is 0 Å². The van der Waals surface area contributed by atoms with Crippen LogP contribution in [0.1, 0.15) is 30.5 Å². The van der Waals surface area contributed by atoms with Crippen LogP contribution >= 0.6 is 11.3 Å². The Morgan fingerprint density at radius 1 is 1.09 bits per heavy atom. The molecule has 4 nitrogen and oxygen atoms in total. The SMILES string of the molecule is C=C(Nc1cc(C(C)(C)C)sc1C)Nc1cccc2ccccc12.C=CN1CCNC(=C)C1. The van der Waals surface area contributed by atoms with Crippen molar-refractivity contribution in [2.75, 3.05) is 30.3 Å². The van der Waals surface area contributed by atoms with E-state index in [0.29, 0.717) is 0 Å². The number of piperazine rings is 1. The van der Waals surface area contributed by atoms with E-state index >= 15 is 0 Å². The second kappa shape index (κ2) is 10.6. The number of thiophene rings is 1. The number of aryl methyl sites for hydroxylation is 1. The van der Waals surface area contributed by atoms with Gasteiger partial charge in [0.05, 0.1) is 12.2 Å². The molecule has 2 aromatic carbocycles. The Balaban J connectivity index is 0.000000286. The third kappa shape index (κ3) is 6.65. The van der Waals surface area contributed by atoms with Gasteiger partial charge in [0.2, 0.25) is 0 Å². The molecule has 0 bridgehead atoms. The minimum atomic E-state index is 0.166. The molecule has 0 unspecified atom stereocenters. The maximum Gasteiger partial charge on any atom is 0.100 e. The normalized spacial score (nSPS) is 13.6. The highest BCUT2D eigenvalue weighted by atomic mass is 32.1. The summed E-state index contributed by atoms with van der Waals surface area (Å²) >= 11 is 1.84. The van der Waals surface area contributed by atoms with E-state index in [4.69, 9.17) is 0 Å². The van der Waals surface area contributed by atoms with Crippen LogP contribution in [0.5, 0.6) is 0 Å². The van der Waals surface area contributed by atoms with Crippen LogP contribution in [-0.2, 0) is 5.41 Å². The predicted octanol–water partition coefficient (Wildman–Crippen LogP) is 7.05. The van der Waals surface area contributed by atoms with Crippen molar-refractivity contribution in [2.45, 2.75) is 33.1 Å². The second-order valence-corrected chi connectivity index (χ2v) is 10.5. The topological polar surface area (TPSA) is 39.3 Å². The Morgan fingerprint density at radius 2 is 1.79 bits per heavy atom. The van der Waals surface area contributed by atoms with Gasteiger partial charge < -0.3 is 20.9 Å². The zero-order valence-corrected chi connectivity index (χ0v) is 21.1. The molecule has 1 aliphatic rings. The molecule has 5 heteroatoms. The molecular formula is C28H36N4S. The number of fused-ring (bicyclic) bond motifs is 1. The summed E-state index contributed by atoms with van der Waals surface area (Å²) in [4.78, 5) is 4.79.